The van der Waals surface area contributed by atoms with Gasteiger partial charge in [-0.05, 0) is 36.7 Å². The molecule has 0 atom stereocenters. The first-order valence-corrected chi connectivity index (χ1v) is 8.87. The van der Waals surface area contributed by atoms with Crippen LogP contribution < -0.4 is 0 Å². The Bertz CT molecular complexity index is 1070. The van der Waals surface area contributed by atoms with Gasteiger partial charge in [-0.25, -0.2) is 0 Å². The van der Waals surface area contributed by atoms with Gasteiger partial charge in [0.25, 0.3) is 0 Å². The summed E-state index contributed by atoms with van der Waals surface area (Å²) in [7, 11) is 1.97. The Morgan fingerprint density at radius 1 is 0.966 bits per heavy atom. The minimum absolute atomic E-state index is 0. The third-order valence-corrected chi connectivity index (χ3v) is 4.26. The molecule has 0 aliphatic heterocycles. The number of imidazole rings is 1. The molecule has 3 heterocycles. The van der Waals surface area contributed by atoms with Gasteiger partial charge in [0.2, 0.25) is 0 Å². The molecule has 1 radical (unpaired) electrons. The smallest absolute Gasteiger partial charge is 0.164 e. The second kappa shape index (κ2) is 10.4. The van der Waals surface area contributed by atoms with Crippen molar-refractivity contribution in [2.24, 2.45) is 7.05 Å². The van der Waals surface area contributed by atoms with E-state index in [0.717, 1.165) is 33.6 Å². The van der Waals surface area contributed by atoms with Crippen molar-refractivity contribution in [2.75, 3.05) is 0 Å². The monoisotopic (exact) mass is 560 g/mol. The van der Waals surface area contributed by atoms with E-state index < -0.39 is 0 Å². The fraction of sp³-hybridized carbons (Fsp3) is 0.0417. The van der Waals surface area contributed by atoms with Crippen LogP contribution in [0.25, 0.3) is 17.0 Å². The van der Waals surface area contributed by atoms with Crippen LogP contribution in [0.5, 0.6) is 0 Å². The number of benzene rings is 1. The second-order valence-corrected chi connectivity index (χ2v) is 6.34. The molecule has 0 N–H and O–H groups in total. The first-order chi connectivity index (χ1) is 13.6. The zero-order valence-electron chi connectivity index (χ0n) is 16.3. The van der Waals surface area contributed by atoms with Crippen molar-refractivity contribution in [3.63, 3.8) is 0 Å². The van der Waals surface area contributed by atoms with Crippen molar-refractivity contribution in [1.82, 2.24) is 19.1 Å². The molecule has 0 unspecified atom stereocenters. The average molecular weight is 560 g/mol. The molecular weight excluding hydrogens is 537 g/mol. The van der Waals surface area contributed by atoms with E-state index in [1.54, 1.807) is 18.6 Å². The van der Waals surface area contributed by atoms with E-state index in [2.05, 4.69) is 30.4 Å². The molecular formula is C24H23IrN4-. The Labute approximate surface area is 186 Å². The van der Waals surface area contributed by atoms with Gasteiger partial charge >= 0.3 is 0 Å². The van der Waals surface area contributed by atoms with E-state index in [-0.39, 0.29) is 20.1 Å². The van der Waals surface area contributed by atoms with E-state index >= 15 is 0 Å². The topological polar surface area (TPSA) is 35.6 Å². The van der Waals surface area contributed by atoms with Crippen LogP contribution in [0, 0.1) is 13.8 Å². The molecule has 0 saturated heterocycles. The average Bonchev–Trinajstić information content (AvgIpc) is 3.16. The van der Waals surface area contributed by atoms with E-state index in [1.165, 1.54) is 0 Å². The minimum atomic E-state index is 0. The maximum Gasteiger partial charge on any atom is 0.164 e. The molecule has 4 rings (SSSR count). The van der Waals surface area contributed by atoms with E-state index in [9.17, 15) is 0 Å². The summed E-state index contributed by atoms with van der Waals surface area (Å²) in [4.78, 5) is 8.35. The van der Waals surface area contributed by atoms with Crippen LogP contribution in [-0.2, 0) is 27.2 Å². The fourth-order valence-corrected chi connectivity index (χ4v) is 2.72. The first kappa shape index (κ1) is 22.2. The van der Waals surface area contributed by atoms with Crippen LogP contribution in [-0.4, -0.2) is 19.1 Å². The van der Waals surface area contributed by atoms with E-state index in [0.29, 0.717) is 0 Å². The molecule has 4 aromatic rings. The van der Waals surface area contributed by atoms with Crippen LogP contribution in [0.4, 0.5) is 0 Å². The van der Waals surface area contributed by atoms with Crippen molar-refractivity contribution in [1.29, 1.82) is 0 Å². The molecule has 29 heavy (non-hydrogen) atoms. The van der Waals surface area contributed by atoms with Gasteiger partial charge < -0.3 is 0 Å². The summed E-state index contributed by atoms with van der Waals surface area (Å²) in [5, 5.41) is 0. The van der Waals surface area contributed by atoms with Crippen LogP contribution >= 0.6 is 0 Å². The summed E-state index contributed by atoms with van der Waals surface area (Å²) < 4.78 is 3.91. The van der Waals surface area contributed by atoms with Gasteiger partial charge in [-0.15, -0.1) is 23.8 Å². The standard InChI is InChI=1S/C12H13N3.C12H10N.Ir/c1-10-4-5-13-8-12(10)11(2)15-7-6-14(3)9-15;1-10-6-2-3-7-11(10)12-8-4-5-9-13-12;/h4-9H,1-2H2,3H3;2-9H,1H2;/q;-1;. The predicted molar refractivity (Wildman–Crippen MR) is 115 cm³/mol. The van der Waals surface area contributed by atoms with Crippen LogP contribution in [0.15, 0.2) is 92.4 Å². The third-order valence-electron chi connectivity index (χ3n) is 4.26. The summed E-state index contributed by atoms with van der Waals surface area (Å²) in [6, 6.07) is 15.8. The zero-order chi connectivity index (χ0) is 19.9. The fourth-order valence-electron chi connectivity index (χ4n) is 2.72. The Balaban J connectivity index is 0.000000202. The molecule has 0 aliphatic rings. The number of hydrogen-bond donors (Lipinski definition) is 0. The van der Waals surface area contributed by atoms with Gasteiger partial charge in [0.15, 0.2) is 6.33 Å². The Morgan fingerprint density at radius 3 is 2.34 bits per heavy atom. The summed E-state index contributed by atoms with van der Waals surface area (Å²) in [5.41, 5.74) is 5.88. The molecule has 1 aromatic carbocycles. The molecule has 5 heteroatoms. The normalized spacial score (nSPS) is 9.69. The van der Waals surface area contributed by atoms with Gasteiger partial charge in [0, 0.05) is 39.0 Å². The summed E-state index contributed by atoms with van der Waals surface area (Å²) in [6.07, 6.45) is 11.2. The molecule has 0 fully saturated rings. The van der Waals surface area contributed by atoms with E-state index in [1.807, 2.05) is 83.4 Å². The van der Waals surface area contributed by atoms with Crippen molar-refractivity contribution >= 4 is 5.70 Å². The van der Waals surface area contributed by atoms with Crippen LogP contribution in [0.1, 0.15) is 16.7 Å². The van der Waals surface area contributed by atoms with Gasteiger partial charge in [0.1, 0.15) is 12.4 Å². The van der Waals surface area contributed by atoms with Crippen LogP contribution in [0.2, 0.25) is 0 Å². The minimum Gasteiger partial charge on any atom is -0.289 e. The molecule has 0 bridgehead atoms. The Morgan fingerprint density at radius 2 is 1.72 bits per heavy atom. The number of hydrogen-bond acceptors (Lipinski definition) is 2. The molecule has 0 amide bonds. The van der Waals surface area contributed by atoms with Gasteiger partial charge in [-0.1, -0.05) is 12.1 Å². The molecule has 0 saturated carbocycles. The maximum absolute atomic E-state index is 4.27. The summed E-state index contributed by atoms with van der Waals surface area (Å²) >= 11 is 0. The first-order valence-electron chi connectivity index (χ1n) is 8.87. The SMILES string of the molecule is C=C(c1cnccc1[CH2-])n1ccn(C)[cH+]1.[CH2-]c1ccccc1-c1ccccn1.[Ir]. The predicted octanol–water partition coefficient (Wildman–Crippen LogP) is 5.13. The maximum atomic E-state index is 4.27. The van der Waals surface area contributed by atoms with Crippen molar-refractivity contribution < 1.29 is 20.1 Å². The zero-order valence-corrected chi connectivity index (χ0v) is 18.7. The molecule has 0 aliphatic carbocycles. The largest absolute Gasteiger partial charge is 0.289 e. The van der Waals surface area contributed by atoms with E-state index in [4.69, 9.17) is 0 Å². The van der Waals surface area contributed by atoms with Crippen LogP contribution in [0.3, 0.4) is 0 Å². The quantitative estimate of drug-likeness (QED) is 0.326. The number of aryl methyl sites for hydroxylation is 1. The molecule has 3 aromatic heterocycles. The van der Waals surface area contributed by atoms with Gasteiger partial charge in [-0.2, -0.15) is 35.6 Å². The second-order valence-electron chi connectivity index (χ2n) is 6.34. The van der Waals surface area contributed by atoms with Crippen molar-refractivity contribution in [3.05, 3.63) is 123 Å². The molecule has 0 spiro atoms. The number of pyridine rings is 2. The van der Waals surface area contributed by atoms with Gasteiger partial charge in [-0.3, -0.25) is 14.5 Å². The van der Waals surface area contributed by atoms with Gasteiger partial charge in [0.05, 0.1) is 5.70 Å². The Hall–Kier alpha value is -3.14. The molecule has 4 nitrogen and oxygen atoms in total. The number of rotatable bonds is 3. The van der Waals surface area contributed by atoms with Crippen molar-refractivity contribution in [2.45, 2.75) is 0 Å². The number of nitrogens with zero attached hydrogens (tertiary/aromatic N) is 4. The molecule has 149 valence electrons. The third kappa shape index (κ3) is 5.67. The Kier molecular flexibility index (Phi) is 7.96. The summed E-state index contributed by atoms with van der Waals surface area (Å²) in [6.45, 7) is 11.9. The summed E-state index contributed by atoms with van der Waals surface area (Å²) in [5.74, 6) is 0. The number of aromatic nitrogens is 4. The van der Waals surface area contributed by atoms with Crippen molar-refractivity contribution in [3.8, 4) is 11.3 Å².